The molecule has 104 valence electrons. The maximum absolute atomic E-state index is 13.3. The van der Waals surface area contributed by atoms with Gasteiger partial charge in [0.25, 0.3) is 5.92 Å². The summed E-state index contributed by atoms with van der Waals surface area (Å²) in [6, 6.07) is 1.80. The first kappa shape index (κ1) is 14.4. The van der Waals surface area contributed by atoms with Crippen LogP contribution in [0.4, 0.5) is 18.9 Å². The van der Waals surface area contributed by atoms with Gasteiger partial charge in [0.15, 0.2) is 0 Å². The summed E-state index contributed by atoms with van der Waals surface area (Å²) in [4.78, 5) is 0.618. The Balaban J connectivity index is 2.06. The predicted octanol–water partition coefficient (Wildman–Crippen LogP) is 4.08. The van der Waals surface area contributed by atoms with Gasteiger partial charge in [-0.1, -0.05) is 18.2 Å². The number of alkyl halides is 2. The van der Waals surface area contributed by atoms with Crippen molar-refractivity contribution in [3.8, 4) is 0 Å². The first-order valence-electron chi connectivity index (χ1n) is 5.47. The summed E-state index contributed by atoms with van der Waals surface area (Å²) >= 11 is 7.01. The van der Waals surface area contributed by atoms with Crippen LogP contribution in [0.25, 0.3) is 0 Å². The van der Waals surface area contributed by atoms with Gasteiger partial charge in [-0.15, -0.1) is 11.8 Å². The smallest absolute Gasteiger partial charge is 0.270 e. The van der Waals surface area contributed by atoms with Gasteiger partial charge in [0, 0.05) is 11.3 Å². The fourth-order valence-electron chi connectivity index (χ4n) is 1.57. The first-order chi connectivity index (χ1) is 8.83. The van der Waals surface area contributed by atoms with E-state index in [9.17, 15) is 13.2 Å². The highest BCUT2D eigenvalue weighted by molar-refractivity contribution is 7.98. The third-order valence-corrected chi connectivity index (χ3v) is 3.77. The van der Waals surface area contributed by atoms with Gasteiger partial charge in [-0.3, -0.25) is 0 Å². The highest BCUT2D eigenvalue weighted by Crippen LogP contribution is 2.42. The summed E-state index contributed by atoms with van der Waals surface area (Å²) < 4.78 is 38.8. The number of hydrogen-bond donors (Lipinski definition) is 2. The molecule has 2 rings (SSSR count). The van der Waals surface area contributed by atoms with E-state index in [1.807, 2.05) is 0 Å². The molecule has 0 aromatic heterocycles. The fraction of sp³-hybridized carbons (Fsp3) is 0.333. The van der Waals surface area contributed by atoms with Crippen molar-refractivity contribution in [3.63, 3.8) is 0 Å². The van der Waals surface area contributed by atoms with E-state index in [4.69, 9.17) is 11.6 Å². The molecule has 1 aliphatic carbocycles. The topological polar surface area (TPSA) is 24.1 Å². The molecule has 0 heterocycles. The van der Waals surface area contributed by atoms with Crippen LogP contribution in [0.1, 0.15) is 6.42 Å². The molecule has 19 heavy (non-hydrogen) atoms. The number of hydrogen-bond acceptors (Lipinski definition) is 3. The molecule has 0 radical (unpaired) electrons. The van der Waals surface area contributed by atoms with E-state index in [-0.39, 0.29) is 17.3 Å². The maximum atomic E-state index is 13.3. The summed E-state index contributed by atoms with van der Waals surface area (Å²) in [5.74, 6) is -2.96. The molecule has 0 aliphatic heterocycles. The minimum atomic E-state index is -2.67. The number of rotatable bonds is 5. The lowest BCUT2D eigenvalue weighted by Gasteiger charge is -2.15. The average molecular weight is 309 g/mol. The summed E-state index contributed by atoms with van der Waals surface area (Å²) in [6.07, 6.45) is 1.58. The molecule has 0 spiro atoms. The van der Waals surface area contributed by atoms with Gasteiger partial charge >= 0.3 is 0 Å². The lowest BCUT2D eigenvalue weighted by Crippen LogP contribution is -2.25. The Morgan fingerprint density at radius 3 is 2.68 bits per heavy atom. The van der Waals surface area contributed by atoms with Crippen molar-refractivity contribution in [1.82, 2.24) is 5.32 Å². The zero-order chi connectivity index (χ0) is 14.2. The van der Waals surface area contributed by atoms with Crippen LogP contribution in [0.5, 0.6) is 0 Å². The number of benzene rings is 1. The number of anilines is 1. The zero-order valence-electron chi connectivity index (χ0n) is 10.1. The highest BCUT2D eigenvalue weighted by Gasteiger charge is 2.57. The van der Waals surface area contributed by atoms with Crippen molar-refractivity contribution in [3.05, 3.63) is 35.4 Å². The van der Waals surface area contributed by atoms with Gasteiger partial charge in [0.1, 0.15) is 5.82 Å². The number of thioether (sulfide) groups is 1. The fourth-order valence-corrected chi connectivity index (χ4v) is 2.29. The van der Waals surface area contributed by atoms with E-state index in [0.29, 0.717) is 10.6 Å². The summed E-state index contributed by atoms with van der Waals surface area (Å²) in [6.45, 7) is 3.62. The minimum Gasteiger partial charge on any atom is -0.363 e. The van der Waals surface area contributed by atoms with Gasteiger partial charge in [0.05, 0.1) is 22.6 Å². The lowest BCUT2D eigenvalue weighted by molar-refractivity contribution is 0.108. The third-order valence-electron chi connectivity index (χ3n) is 2.70. The van der Waals surface area contributed by atoms with Crippen molar-refractivity contribution in [1.29, 1.82) is 0 Å². The SMILES string of the molecule is C=C(Nc1cc(Cl)c(F)cc1SC)NC1CC1(F)F. The molecule has 1 unspecified atom stereocenters. The molecule has 1 aromatic carbocycles. The van der Waals surface area contributed by atoms with Gasteiger partial charge in [-0.2, -0.15) is 0 Å². The lowest BCUT2D eigenvalue weighted by atomic mass is 10.3. The van der Waals surface area contributed by atoms with Gasteiger partial charge < -0.3 is 10.6 Å². The summed E-state index contributed by atoms with van der Waals surface area (Å²) in [7, 11) is 0. The van der Waals surface area contributed by atoms with Crippen molar-refractivity contribution in [2.24, 2.45) is 0 Å². The minimum absolute atomic E-state index is 0.0372. The molecule has 2 N–H and O–H groups in total. The molecule has 0 amide bonds. The van der Waals surface area contributed by atoms with E-state index in [1.165, 1.54) is 23.9 Å². The second-order valence-corrected chi connectivity index (χ2v) is 5.49. The third kappa shape index (κ3) is 3.30. The average Bonchev–Trinajstić information content (AvgIpc) is 2.90. The Hall–Kier alpha value is -1.01. The number of halogens is 4. The Kier molecular flexibility index (Phi) is 3.92. The van der Waals surface area contributed by atoms with E-state index in [2.05, 4.69) is 17.2 Å². The van der Waals surface area contributed by atoms with Crippen LogP contribution in [0, 0.1) is 5.82 Å². The Labute approximate surface area is 118 Å². The molecule has 1 aromatic rings. The summed E-state index contributed by atoms with van der Waals surface area (Å²) in [5.41, 5.74) is 0.528. The predicted molar refractivity (Wildman–Crippen MR) is 72.4 cm³/mol. The van der Waals surface area contributed by atoms with E-state index < -0.39 is 17.8 Å². The molecular weight excluding hydrogens is 297 g/mol. The Bertz CT molecular complexity index is 522. The second kappa shape index (κ2) is 5.17. The van der Waals surface area contributed by atoms with Crippen LogP contribution >= 0.6 is 23.4 Å². The maximum Gasteiger partial charge on any atom is 0.270 e. The first-order valence-corrected chi connectivity index (χ1v) is 7.07. The van der Waals surface area contributed by atoms with E-state index in [0.717, 1.165) is 0 Å². The molecule has 1 aliphatic rings. The van der Waals surface area contributed by atoms with Crippen molar-refractivity contribution < 1.29 is 13.2 Å². The van der Waals surface area contributed by atoms with Crippen LogP contribution in [0.3, 0.4) is 0 Å². The van der Waals surface area contributed by atoms with E-state index in [1.54, 1.807) is 6.26 Å². The van der Waals surface area contributed by atoms with Gasteiger partial charge in [-0.25, -0.2) is 13.2 Å². The number of nitrogens with one attached hydrogen (secondary N) is 2. The zero-order valence-corrected chi connectivity index (χ0v) is 11.6. The molecule has 1 fully saturated rings. The van der Waals surface area contributed by atoms with Crippen molar-refractivity contribution >= 4 is 29.1 Å². The summed E-state index contributed by atoms with van der Waals surface area (Å²) in [5, 5.41) is 5.37. The molecular formula is C12H12ClF3N2S. The van der Waals surface area contributed by atoms with Crippen LogP contribution in [0.15, 0.2) is 29.4 Å². The highest BCUT2D eigenvalue weighted by atomic mass is 35.5. The molecule has 0 bridgehead atoms. The standard InChI is InChI=1S/C12H12ClF3N2S/c1-6(18-11-5-12(11,15)16)17-9-3-7(13)8(14)4-10(9)19-2/h3-4,11,17-18H,1,5H2,2H3. The monoisotopic (exact) mass is 308 g/mol. The van der Waals surface area contributed by atoms with Crippen molar-refractivity contribution in [2.45, 2.75) is 23.3 Å². The molecule has 7 heteroatoms. The second-order valence-electron chi connectivity index (χ2n) is 4.23. The van der Waals surface area contributed by atoms with Gasteiger partial charge in [-0.05, 0) is 18.4 Å². The quantitative estimate of drug-likeness (QED) is 0.802. The van der Waals surface area contributed by atoms with Gasteiger partial charge in [0.2, 0.25) is 0 Å². The molecule has 1 atom stereocenters. The van der Waals surface area contributed by atoms with Crippen LogP contribution in [-0.4, -0.2) is 18.2 Å². The van der Waals surface area contributed by atoms with Crippen LogP contribution in [-0.2, 0) is 0 Å². The van der Waals surface area contributed by atoms with Crippen molar-refractivity contribution in [2.75, 3.05) is 11.6 Å². The molecule has 1 saturated carbocycles. The normalized spacial score (nSPS) is 19.9. The largest absolute Gasteiger partial charge is 0.363 e. The van der Waals surface area contributed by atoms with E-state index >= 15 is 0 Å². The van der Waals surface area contributed by atoms with Crippen LogP contribution in [0.2, 0.25) is 5.02 Å². The Morgan fingerprint density at radius 1 is 1.53 bits per heavy atom. The molecule has 0 saturated heterocycles. The van der Waals surface area contributed by atoms with Crippen LogP contribution < -0.4 is 10.6 Å². The molecule has 2 nitrogen and oxygen atoms in total. The Morgan fingerprint density at radius 2 is 2.16 bits per heavy atom.